The normalized spacial score (nSPS) is 27.1. The lowest BCUT2D eigenvalue weighted by Gasteiger charge is -2.27. The standard InChI is InChI=1S/C18H26BNO6.2C13H18BNO4/c1-11-6-7-12-15-14(11)13(8-20-16(22)24-17(2,3)4)25-19(15)26-18(5,9-21)10-23-12;2*1-8-3-4-9-12-11(8)10(5-15)18-14(12)19-13(2,6-16)7-17-9/h6-7,13,21H,8-10H2,1-5H3,(H,20,22);2*3-4,10,16H,5-7,15H2,1-2H3/t;10-,13+;10-,13-/m.11/s1. The molecule has 0 spiro atoms. The van der Waals surface area contributed by atoms with E-state index in [9.17, 15) is 20.1 Å². The van der Waals surface area contributed by atoms with Gasteiger partial charge in [0.25, 0.3) is 0 Å². The van der Waals surface area contributed by atoms with Gasteiger partial charge in [-0.3, -0.25) is 0 Å². The van der Waals surface area contributed by atoms with Gasteiger partial charge in [-0.2, -0.15) is 0 Å². The summed E-state index contributed by atoms with van der Waals surface area (Å²) in [6, 6.07) is 11.7. The third kappa shape index (κ3) is 9.78. The van der Waals surface area contributed by atoms with Crippen LogP contribution in [0, 0.1) is 20.8 Å². The lowest BCUT2D eigenvalue weighted by atomic mass is 9.76. The maximum absolute atomic E-state index is 12.0. The van der Waals surface area contributed by atoms with Gasteiger partial charge in [0.15, 0.2) is 0 Å². The molecule has 6 heterocycles. The van der Waals surface area contributed by atoms with E-state index in [-0.39, 0.29) is 51.3 Å². The summed E-state index contributed by atoms with van der Waals surface area (Å²) in [6.07, 6.45) is -1.23. The van der Waals surface area contributed by atoms with E-state index < -0.39 is 49.9 Å². The zero-order valence-electron chi connectivity index (χ0n) is 38.3. The maximum atomic E-state index is 12.0. The van der Waals surface area contributed by atoms with Crippen molar-refractivity contribution in [2.75, 3.05) is 59.3 Å². The molecule has 1 amide bonds. The number of aliphatic hydroxyl groups is 3. The Bertz CT molecular complexity index is 2110. The fraction of sp³-hybridized carbons (Fsp3) is 0.568. The summed E-state index contributed by atoms with van der Waals surface area (Å²) in [7, 11) is -1.68. The van der Waals surface area contributed by atoms with Gasteiger partial charge in [0.05, 0.1) is 38.1 Å². The first-order valence-corrected chi connectivity index (χ1v) is 21.8. The number of aryl methyl sites for hydroxylation is 3. The molecule has 6 aliphatic rings. The van der Waals surface area contributed by atoms with Crippen molar-refractivity contribution >= 4 is 43.8 Å². The van der Waals surface area contributed by atoms with Gasteiger partial charge in [0, 0.05) is 36.0 Å². The number of rotatable bonds is 7. The van der Waals surface area contributed by atoms with E-state index in [2.05, 4.69) is 5.32 Å². The molecule has 346 valence electrons. The molecule has 0 saturated carbocycles. The Hall–Kier alpha value is -3.92. The Kier molecular flexibility index (Phi) is 14.1. The van der Waals surface area contributed by atoms with Crippen molar-refractivity contribution in [3.05, 3.63) is 69.8 Å². The Balaban J connectivity index is 0.000000146. The van der Waals surface area contributed by atoms with E-state index in [4.69, 9.17) is 58.3 Å². The molecule has 64 heavy (non-hydrogen) atoms. The predicted octanol–water partition coefficient (Wildman–Crippen LogP) is 1.21. The number of hydrogen-bond acceptors (Lipinski definition) is 16. The summed E-state index contributed by atoms with van der Waals surface area (Å²) < 4.78 is 58.4. The minimum Gasteiger partial charge on any atom is -0.491 e. The van der Waals surface area contributed by atoms with Crippen LogP contribution >= 0.6 is 0 Å². The summed E-state index contributed by atoms with van der Waals surface area (Å²) in [5, 5.41) is 31.4. The van der Waals surface area contributed by atoms with Crippen LogP contribution in [0.1, 0.15) is 93.2 Å². The molecule has 20 heteroatoms. The third-order valence-electron chi connectivity index (χ3n) is 12.0. The second-order valence-corrected chi connectivity index (χ2v) is 18.9. The molecule has 3 aromatic carbocycles. The fourth-order valence-corrected chi connectivity index (χ4v) is 8.49. The van der Waals surface area contributed by atoms with Crippen LogP contribution < -0.4 is 47.4 Å². The topological polar surface area (TPSA) is 234 Å². The van der Waals surface area contributed by atoms with Gasteiger partial charge in [0.2, 0.25) is 0 Å². The molecule has 3 aromatic rings. The van der Waals surface area contributed by atoms with Crippen LogP contribution in [-0.4, -0.2) is 124 Å². The SMILES string of the molecule is Cc1ccc2c3c1C(CNC(=O)OC(C)(C)C)OB3OC(C)(CO)CO2.Cc1ccc2c3c1[C@@H](CN)OB3O[C@@](C)(CO)CO2.Cc1ccc2c3c1[C@@H](CN)OB3O[C@](C)(CO)CO2. The molecule has 6 aliphatic heterocycles. The lowest BCUT2D eigenvalue weighted by Crippen LogP contribution is -2.45. The number of nitrogens with two attached hydrogens (primary N) is 2. The highest BCUT2D eigenvalue weighted by molar-refractivity contribution is 6.65. The molecule has 0 aliphatic carbocycles. The number of hydrogen-bond donors (Lipinski definition) is 6. The molecule has 0 aromatic heterocycles. The second-order valence-electron chi connectivity index (χ2n) is 18.9. The molecular weight excluding hydrogens is 827 g/mol. The molecule has 6 atom stereocenters. The molecular formula is C44H62B3N3O14. The minimum atomic E-state index is -0.859. The Morgan fingerprint density at radius 1 is 0.641 bits per heavy atom. The van der Waals surface area contributed by atoms with Gasteiger partial charge in [-0.05, 0) is 114 Å². The largest absolute Gasteiger partial charge is 0.499 e. The maximum Gasteiger partial charge on any atom is 0.499 e. The molecule has 0 saturated heterocycles. The average Bonchev–Trinajstić information content (AvgIpc) is 3.84. The smallest absolute Gasteiger partial charge is 0.491 e. The highest BCUT2D eigenvalue weighted by atomic mass is 16.6. The molecule has 9 rings (SSSR count). The van der Waals surface area contributed by atoms with Crippen LogP contribution in [0.25, 0.3) is 0 Å². The average molecular weight is 889 g/mol. The summed E-state index contributed by atoms with van der Waals surface area (Å²) in [5.41, 5.74) is 17.6. The molecule has 8 N–H and O–H groups in total. The fourth-order valence-electron chi connectivity index (χ4n) is 8.49. The van der Waals surface area contributed by atoms with Gasteiger partial charge in [0.1, 0.15) is 59.5 Å². The van der Waals surface area contributed by atoms with Crippen molar-refractivity contribution in [1.29, 1.82) is 0 Å². The number of amides is 1. The highest BCUT2D eigenvalue weighted by Gasteiger charge is 2.50. The molecule has 0 radical (unpaired) electrons. The van der Waals surface area contributed by atoms with Crippen LogP contribution in [0.15, 0.2) is 36.4 Å². The molecule has 2 unspecified atom stereocenters. The van der Waals surface area contributed by atoms with Crippen LogP contribution in [0.2, 0.25) is 0 Å². The van der Waals surface area contributed by atoms with Crippen molar-refractivity contribution in [2.45, 2.75) is 103 Å². The van der Waals surface area contributed by atoms with Crippen LogP contribution in [0.3, 0.4) is 0 Å². The lowest BCUT2D eigenvalue weighted by molar-refractivity contribution is -0.0271. The molecule has 17 nitrogen and oxygen atoms in total. The van der Waals surface area contributed by atoms with Crippen LogP contribution in [-0.2, 0) is 32.7 Å². The third-order valence-corrected chi connectivity index (χ3v) is 12.0. The van der Waals surface area contributed by atoms with Gasteiger partial charge < -0.3 is 79.0 Å². The number of aliphatic hydroxyl groups excluding tert-OH is 3. The summed E-state index contributed by atoms with van der Waals surface area (Å²) in [6.45, 7) is 18.3. The van der Waals surface area contributed by atoms with Crippen LogP contribution in [0.4, 0.5) is 4.79 Å². The minimum absolute atomic E-state index is 0.123. The van der Waals surface area contributed by atoms with E-state index in [0.29, 0.717) is 32.1 Å². The van der Waals surface area contributed by atoms with E-state index in [0.717, 1.165) is 61.3 Å². The Morgan fingerprint density at radius 2 is 0.969 bits per heavy atom. The predicted molar refractivity (Wildman–Crippen MR) is 240 cm³/mol. The molecule has 0 fully saturated rings. The zero-order chi connectivity index (χ0) is 46.4. The number of ether oxygens (including phenoxy) is 4. The van der Waals surface area contributed by atoms with Gasteiger partial charge in [-0.15, -0.1) is 0 Å². The van der Waals surface area contributed by atoms with Gasteiger partial charge in [-0.1, -0.05) is 18.2 Å². The first-order chi connectivity index (χ1) is 30.3. The zero-order valence-corrected chi connectivity index (χ0v) is 38.3. The number of carbonyl (C=O) groups is 1. The number of carbonyl (C=O) groups excluding carboxylic acids is 1. The van der Waals surface area contributed by atoms with Gasteiger partial charge >= 0.3 is 27.4 Å². The van der Waals surface area contributed by atoms with E-state index >= 15 is 0 Å². The van der Waals surface area contributed by atoms with Crippen molar-refractivity contribution in [1.82, 2.24) is 5.32 Å². The monoisotopic (exact) mass is 889 g/mol. The highest BCUT2D eigenvalue weighted by Crippen LogP contribution is 2.38. The number of nitrogens with one attached hydrogen (secondary N) is 1. The Morgan fingerprint density at radius 3 is 1.28 bits per heavy atom. The van der Waals surface area contributed by atoms with Gasteiger partial charge in [-0.25, -0.2) is 4.79 Å². The number of benzene rings is 3. The quantitative estimate of drug-likeness (QED) is 0.183. The summed E-state index contributed by atoms with van der Waals surface area (Å²) in [5.74, 6) is 2.21. The van der Waals surface area contributed by atoms with Crippen molar-refractivity contribution in [3.63, 3.8) is 0 Å². The Labute approximate surface area is 376 Å². The summed E-state index contributed by atoms with van der Waals surface area (Å²) >= 11 is 0. The summed E-state index contributed by atoms with van der Waals surface area (Å²) in [4.78, 5) is 12.0. The van der Waals surface area contributed by atoms with Crippen molar-refractivity contribution < 1.29 is 67.0 Å². The van der Waals surface area contributed by atoms with Crippen molar-refractivity contribution in [2.24, 2.45) is 11.5 Å². The van der Waals surface area contributed by atoms with Crippen LogP contribution in [0.5, 0.6) is 17.2 Å². The van der Waals surface area contributed by atoms with E-state index in [1.54, 1.807) is 6.92 Å². The number of alkyl carbamates (subject to hydrolysis) is 1. The van der Waals surface area contributed by atoms with E-state index in [1.807, 2.05) is 91.8 Å². The first kappa shape index (κ1) is 48.0. The first-order valence-electron chi connectivity index (χ1n) is 21.8. The molecule has 0 bridgehead atoms. The second kappa shape index (κ2) is 18.8. The van der Waals surface area contributed by atoms with E-state index in [1.165, 1.54) is 0 Å². The van der Waals surface area contributed by atoms with Crippen molar-refractivity contribution in [3.8, 4) is 17.2 Å².